The summed E-state index contributed by atoms with van der Waals surface area (Å²) in [4.78, 5) is 18.4. The lowest BCUT2D eigenvalue weighted by molar-refractivity contribution is -0.109. The van der Waals surface area contributed by atoms with Crippen LogP contribution in [0.3, 0.4) is 0 Å². The predicted molar refractivity (Wildman–Crippen MR) is 66.1 cm³/mol. The fraction of sp³-hybridized carbons (Fsp3) is 0.300. The maximum Gasteiger partial charge on any atom is 0.185 e. The van der Waals surface area contributed by atoms with Crippen LogP contribution in [0, 0.1) is 11.8 Å². The van der Waals surface area contributed by atoms with Crippen LogP contribution in [0.4, 0.5) is 5.82 Å². The average Bonchev–Trinajstić information content (AvgIpc) is 2.20. The van der Waals surface area contributed by atoms with E-state index in [1.54, 1.807) is 0 Å². The van der Waals surface area contributed by atoms with Crippen LogP contribution in [0.2, 0.25) is 5.15 Å². The highest BCUT2D eigenvalue weighted by molar-refractivity contribution is 8.13. The fourth-order valence-electron chi connectivity index (χ4n) is 0.869. The van der Waals surface area contributed by atoms with Gasteiger partial charge in [-0.15, -0.1) is 0 Å². The lowest BCUT2D eigenvalue weighted by atomic mass is 10.4. The molecular formula is C10H10ClN3OS. The molecule has 6 heteroatoms. The quantitative estimate of drug-likeness (QED) is 0.644. The van der Waals surface area contributed by atoms with Gasteiger partial charge in [-0.25, -0.2) is 9.97 Å². The van der Waals surface area contributed by atoms with Gasteiger partial charge in [0.25, 0.3) is 0 Å². The SMILES string of the molecule is CC(=O)SCCC#Cc1ncc(Cl)nc1N. The number of anilines is 1. The Morgan fingerprint density at radius 1 is 1.69 bits per heavy atom. The maximum absolute atomic E-state index is 10.6. The van der Waals surface area contributed by atoms with E-state index in [-0.39, 0.29) is 16.1 Å². The third-order valence-corrected chi connectivity index (χ3v) is 2.51. The molecule has 0 spiro atoms. The summed E-state index contributed by atoms with van der Waals surface area (Å²) in [5.41, 5.74) is 5.98. The molecule has 0 aliphatic carbocycles. The fourth-order valence-corrected chi connectivity index (χ4v) is 1.50. The topological polar surface area (TPSA) is 68.9 Å². The van der Waals surface area contributed by atoms with Crippen molar-refractivity contribution >= 4 is 34.3 Å². The molecule has 0 aliphatic rings. The summed E-state index contributed by atoms with van der Waals surface area (Å²) in [5, 5.41) is 0.336. The Kier molecular flexibility index (Phi) is 5.09. The molecule has 1 heterocycles. The molecule has 0 amide bonds. The summed E-state index contributed by atoms with van der Waals surface area (Å²) in [6.45, 7) is 1.53. The number of nitrogens with two attached hydrogens (primary N) is 1. The van der Waals surface area contributed by atoms with E-state index in [4.69, 9.17) is 17.3 Å². The molecule has 0 atom stereocenters. The van der Waals surface area contributed by atoms with E-state index in [0.29, 0.717) is 17.9 Å². The zero-order valence-electron chi connectivity index (χ0n) is 8.66. The van der Waals surface area contributed by atoms with Gasteiger partial charge in [0.2, 0.25) is 0 Å². The van der Waals surface area contributed by atoms with Crippen molar-refractivity contribution in [3.63, 3.8) is 0 Å². The Labute approximate surface area is 103 Å². The van der Waals surface area contributed by atoms with E-state index < -0.39 is 0 Å². The molecule has 4 nitrogen and oxygen atoms in total. The van der Waals surface area contributed by atoms with Crippen molar-refractivity contribution in [3.05, 3.63) is 17.0 Å². The molecule has 0 bridgehead atoms. The van der Waals surface area contributed by atoms with Crippen LogP contribution < -0.4 is 5.73 Å². The van der Waals surface area contributed by atoms with Crippen LogP contribution in [-0.4, -0.2) is 20.8 Å². The Bertz CT molecular complexity index is 453. The monoisotopic (exact) mass is 255 g/mol. The minimum Gasteiger partial charge on any atom is -0.381 e. The van der Waals surface area contributed by atoms with Gasteiger partial charge < -0.3 is 5.73 Å². The first kappa shape index (κ1) is 12.8. The van der Waals surface area contributed by atoms with Gasteiger partial charge in [-0.05, 0) is 5.92 Å². The molecule has 1 aromatic heterocycles. The second kappa shape index (κ2) is 6.36. The second-order valence-electron chi connectivity index (χ2n) is 2.82. The van der Waals surface area contributed by atoms with Crippen LogP contribution in [0.1, 0.15) is 19.0 Å². The average molecular weight is 256 g/mol. The molecule has 2 N–H and O–H groups in total. The highest BCUT2D eigenvalue weighted by atomic mass is 35.5. The third-order valence-electron chi connectivity index (χ3n) is 1.51. The zero-order chi connectivity index (χ0) is 12.0. The number of rotatable bonds is 2. The van der Waals surface area contributed by atoms with Crippen LogP contribution >= 0.6 is 23.4 Å². The molecular weight excluding hydrogens is 246 g/mol. The molecule has 0 fully saturated rings. The van der Waals surface area contributed by atoms with Crippen molar-refractivity contribution in [2.24, 2.45) is 0 Å². The highest BCUT2D eigenvalue weighted by Gasteiger charge is 1.99. The van der Waals surface area contributed by atoms with Crippen molar-refractivity contribution in [1.82, 2.24) is 9.97 Å². The number of thioether (sulfide) groups is 1. The van der Waals surface area contributed by atoms with Gasteiger partial charge in [0.05, 0.1) is 6.20 Å². The number of carbonyl (C=O) groups excluding carboxylic acids is 1. The van der Waals surface area contributed by atoms with Gasteiger partial charge in [-0.1, -0.05) is 29.3 Å². The van der Waals surface area contributed by atoms with Gasteiger partial charge in [0.1, 0.15) is 5.15 Å². The largest absolute Gasteiger partial charge is 0.381 e. The standard InChI is InChI=1S/C10H10ClN3OS/c1-7(15)16-5-3-2-4-8-10(12)14-9(11)6-13-8/h6H,3,5H2,1H3,(H2,12,14). The van der Waals surface area contributed by atoms with Crippen molar-refractivity contribution in [3.8, 4) is 11.8 Å². The first-order valence-corrected chi connectivity index (χ1v) is 5.86. The number of halogens is 1. The lowest BCUT2D eigenvalue weighted by Crippen LogP contribution is -1.97. The van der Waals surface area contributed by atoms with Crippen molar-refractivity contribution in [1.29, 1.82) is 0 Å². The first-order chi connectivity index (χ1) is 7.59. The van der Waals surface area contributed by atoms with E-state index in [0.717, 1.165) is 0 Å². The second-order valence-corrected chi connectivity index (χ2v) is 4.48. The minimum absolute atomic E-state index is 0.0904. The van der Waals surface area contributed by atoms with Gasteiger partial charge in [-0.3, -0.25) is 4.79 Å². The van der Waals surface area contributed by atoms with Crippen molar-refractivity contribution in [2.75, 3.05) is 11.5 Å². The summed E-state index contributed by atoms with van der Waals surface area (Å²) in [5.74, 6) is 6.54. The van der Waals surface area contributed by atoms with E-state index in [1.165, 1.54) is 24.9 Å². The van der Waals surface area contributed by atoms with Crippen LogP contribution in [-0.2, 0) is 4.79 Å². The summed E-state index contributed by atoms with van der Waals surface area (Å²) < 4.78 is 0. The van der Waals surface area contributed by atoms with Gasteiger partial charge in [-0.2, -0.15) is 0 Å². The molecule has 0 aromatic carbocycles. The summed E-state index contributed by atoms with van der Waals surface area (Å²) >= 11 is 6.84. The minimum atomic E-state index is 0.0904. The van der Waals surface area contributed by atoms with Crippen molar-refractivity contribution in [2.45, 2.75) is 13.3 Å². The Morgan fingerprint density at radius 2 is 2.44 bits per heavy atom. The molecule has 0 aliphatic heterocycles. The number of nitrogens with zero attached hydrogens (tertiary/aromatic N) is 2. The number of hydrogen-bond donors (Lipinski definition) is 1. The summed E-state index contributed by atoms with van der Waals surface area (Å²) in [6, 6.07) is 0. The van der Waals surface area contributed by atoms with E-state index in [2.05, 4.69) is 21.8 Å². The smallest absolute Gasteiger partial charge is 0.185 e. The van der Waals surface area contributed by atoms with Crippen LogP contribution in [0.25, 0.3) is 0 Å². The van der Waals surface area contributed by atoms with Gasteiger partial charge in [0.15, 0.2) is 16.6 Å². The molecule has 0 radical (unpaired) electrons. The maximum atomic E-state index is 10.6. The summed E-state index contributed by atoms with van der Waals surface area (Å²) in [6.07, 6.45) is 2.00. The molecule has 0 saturated carbocycles. The number of aromatic nitrogens is 2. The summed E-state index contributed by atoms with van der Waals surface area (Å²) in [7, 11) is 0. The molecule has 1 rings (SSSR count). The zero-order valence-corrected chi connectivity index (χ0v) is 10.2. The number of nitrogen functional groups attached to an aromatic ring is 1. The molecule has 1 aromatic rings. The van der Waals surface area contributed by atoms with Crippen LogP contribution in [0.15, 0.2) is 6.20 Å². The molecule has 84 valence electrons. The Balaban J connectivity index is 2.53. The predicted octanol–water partition coefficient (Wildman–Crippen LogP) is 1.73. The first-order valence-electron chi connectivity index (χ1n) is 4.50. The normalized spacial score (nSPS) is 9.38. The molecule has 0 saturated heterocycles. The Hall–Kier alpha value is -1.25. The van der Waals surface area contributed by atoms with Gasteiger partial charge >= 0.3 is 0 Å². The lowest BCUT2D eigenvalue weighted by Gasteiger charge is -1.95. The number of hydrogen-bond acceptors (Lipinski definition) is 5. The molecule has 0 unspecified atom stereocenters. The number of carbonyl (C=O) groups is 1. The van der Waals surface area contributed by atoms with E-state index >= 15 is 0 Å². The third kappa shape index (κ3) is 4.51. The van der Waals surface area contributed by atoms with Crippen LogP contribution in [0.5, 0.6) is 0 Å². The Morgan fingerprint density at radius 3 is 3.06 bits per heavy atom. The van der Waals surface area contributed by atoms with Gasteiger partial charge in [0, 0.05) is 19.1 Å². The highest BCUT2D eigenvalue weighted by Crippen LogP contribution is 2.08. The van der Waals surface area contributed by atoms with E-state index in [9.17, 15) is 4.79 Å². The molecule has 16 heavy (non-hydrogen) atoms. The van der Waals surface area contributed by atoms with Crippen molar-refractivity contribution < 1.29 is 4.79 Å². The van der Waals surface area contributed by atoms with E-state index in [1.807, 2.05) is 0 Å².